The number of carbonyl (C=O) groups excluding carboxylic acids is 2. The molecule has 8 nitrogen and oxygen atoms in total. The van der Waals surface area contributed by atoms with E-state index in [4.69, 9.17) is 9.47 Å². The van der Waals surface area contributed by atoms with Crippen molar-refractivity contribution in [2.24, 2.45) is 5.92 Å². The third-order valence-corrected chi connectivity index (χ3v) is 7.82. The van der Waals surface area contributed by atoms with Crippen molar-refractivity contribution in [2.75, 3.05) is 36.4 Å². The number of hydrogen-bond acceptors (Lipinski definition) is 7. The lowest BCUT2D eigenvalue weighted by atomic mass is 10.2. The molecule has 166 valence electrons. The molecule has 1 heterocycles. The Kier molecular flexibility index (Phi) is 7.11. The fourth-order valence-corrected chi connectivity index (χ4v) is 5.23. The zero-order valence-electron chi connectivity index (χ0n) is 17.4. The van der Waals surface area contributed by atoms with E-state index in [0.29, 0.717) is 28.6 Å². The summed E-state index contributed by atoms with van der Waals surface area (Å²) >= 11 is 1.50. The number of thioether (sulfide) groups is 1. The van der Waals surface area contributed by atoms with Gasteiger partial charge in [-0.05, 0) is 30.3 Å². The maximum absolute atomic E-state index is 12.8. The Labute approximate surface area is 185 Å². The van der Waals surface area contributed by atoms with E-state index in [1.54, 1.807) is 24.3 Å². The zero-order chi connectivity index (χ0) is 22.6. The molecule has 0 aromatic heterocycles. The third kappa shape index (κ3) is 5.50. The van der Waals surface area contributed by atoms with Gasteiger partial charge in [-0.1, -0.05) is 6.92 Å². The topological polar surface area (TPSA) is 111 Å². The average molecular weight is 465 g/mol. The molecule has 1 aliphatic rings. The van der Waals surface area contributed by atoms with Crippen LogP contribution < -0.4 is 20.1 Å². The summed E-state index contributed by atoms with van der Waals surface area (Å²) in [4.78, 5) is 25.3. The van der Waals surface area contributed by atoms with Gasteiger partial charge in [0, 0.05) is 34.7 Å². The standard InChI is InChI=1S/C21H24N2O6S2/c1-13-12-30-19-7-5-15(11-16(19)23-21(13)25)31(26,27)9-8-20(24)22-14-4-6-17(28-2)18(10-14)29-3/h4-7,10-11,13H,8-9,12H2,1-3H3,(H,22,24)(H,23,25)/t13-/m0/s1. The first-order valence-electron chi connectivity index (χ1n) is 9.56. The molecule has 2 amide bonds. The summed E-state index contributed by atoms with van der Waals surface area (Å²) < 4.78 is 35.9. The van der Waals surface area contributed by atoms with Gasteiger partial charge < -0.3 is 20.1 Å². The number of anilines is 2. The number of fused-ring (bicyclic) bond motifs is 1. The second-order valence-corrected chi connectivity index (χ2v) is 10.2. The number of nitrogens with one attached hydrogen (secondary N) is 2. The maximum atomic E-state index is 12.8. The number of methoxy groups -OCH3 is 2. The molecule has 0 aliphatic carbocycles. The minimum absolute atomic E-state index is 0.0700. The van der Waals surface area contributed by atoms with Crippen molar-refractivity contribution >= 4 is 44.8 Å². The molecule has 0 fully saturated rings. The van der Waals surface area contributed by atoms with Gasteiger partial charge in [-0.15, -0.1) is 11.8 Å². The highest BCUT2D eigenvalue weighted by atomic mass is 32.2. The van der Waals surface area contributed by atoms with Gasteiger partial charge in [0.25, 0.3) is 0 Å². The Bertz CT molecular complexity index is 1100. The normalized spacial score (nSPS) is 16.0. The first kappa shape index (κ1) is 23.0. The second-order valence-electron chi connectivity index (χ2n) is 7.05. The number of rotatable bonds is 7. The molecule has 3 rings (SSSR count). The summed E-state index contributed by atoms with van der Waals surface area (Å²) in [6, 6.07) is 9.54. The molecular weight excluding hydrogens is 440 g/mol. The van der Waals surface area contributed by atoms with Crippen molar-refractivity contribution in [3.05, 3.63) is 36.4 Å². The molecule has 0 bridgehead atoms. The van der Waals surface area contributed by atoms with Crippen LogP contribution >= 0.6 is 11.8 Å². The molecule has 0 spiro atoms. The lowest BCUT2D eigenvalue weighted by Crippen LogP contribution is -2.20. The molecule has 0 unspecified atom stereocenters. The van der Waals surface area contributed by atoms with E-state index in [2.05, 4.69) is 10.6 Å². The van der Waals surface area contributed by atoms with Gasteiger partial charge in [0.15, 0.2) is 21.3 Å². The summed E-state index contributed by atoms with van der Waals surface area (Å²) in [5, 5.41) is 5.44. The van der Waals surface area contributed by atoms with Crippen molar-refractivity contribution < 1.29 is 27.5 Å². The summed E-state index contributed by atoms with van der Waals surface area (Å²) in [5.74, 6) is 0.484. The summed E-state index contributed by atoms with van der Waals surface area (Å²) in [6.45, 7) is 1.82. The van der Waals surface area contributed by atoms with Gasteiger partial charge in [0.1, 0.15) is 0 Å². The number of ether oxygens (including phenoxy) is 2. The maximum Gasteiger partial charge on any atom is 0.228 e. The Morgan fingerprint density at radius 2 is 1.90 bits per heavy atom. The molecule has 10 heteroatoms. The number of hydrogen-bond donors (Lipinski definition) is 2. The molecule has 0 saturated heterocycles. The molecule has 1 aliphatic heterocycles. The van der Waals surface area contributed by atoms with Gasteiger partial charge in [-0.3, -0.25) is 9.59 Å². The summed E-state index contributed by atoms with van der Waals surface area (Å²) in [7, 11) is -0.721. The Hall–Kier alpha value is -2.72. The molecular formula is C21H24N2O6S2. The predicted molar refractivity (Wildman–Crippen MR) is 120 cm³/mol. The lowest BCUT2D eigenvalue weighted by Gasteiger charge is -2.11. The molecule has 1 atom stereocenters. The molecule has 0 saturated carbocycles. The molecule has 2 aromatic rings. The molecule has 31 heavy (non-hydrogen) atoms. The summed E-state index contributed by atoms with van der Waals surface area (Å²) in [5.41, 5.74) is 0.953. The van der Waals surface area contributed by atoms with Crippen molar-refractivity contribution in [3.63, 3.8) is 0 Å². The quantitative estimate of drug-likeness (QED) is 0.647. The van der Waals surface area contributed by atoms with E-state index in [-0.39, 0.29) is 28.9 Å². The Morgan fingerprint density at radius 3 is 2.61 bits per heavy atom. The first-order valence-corrected chi connectivity index (χ1v) is 12.2. The molecule has 2 aromatic carbocycles. The van der Waals surface area contributed by atoms with Crippen molar-refractivity contribution in [2.45, 2.75) is 23.1 Å². The van der Waals surface area contributed by atoms with Crippen LogP contribution in [0.1, 0.15) is 13.3 Å². The van der Waals surface area contributed by atoms with Gasteiger partial charge in [-0.2, -0.15) is 0 Å². The SMILES string of the molecule is COc1ccc(NC(=O)CCS(=O)(=O)c2ccc3c(c2)NC(=O)[C@@H](C)CS3)cc1OC. The number of sulfone groups is 1. The monoisotopic (exact) mass is 464 g/mol. The van der Waals surface area contributed by atoms with Gasteiger partial charge in [0.05, 0.1) is 30.6 Å². The van der Waals surface area contributed by atoms with E-state index in [0.717, 1.165) is 4.90 Å². The minimum atomic E-state index is -3.71. The van der Waals surface area contributed by atoms with Crippen LogP contribution in [0.25, 0.3) is 0 Å². The van der Waals surface area contributed by atoms with Crippen molar-refractivity contribution in [3.8, 4) is 11.5 Å². The van der Waals surface area contributed by atoms with E-state index in [1.165, 1.54) is 38.1 Å². The van der Waals surface area contributed by atoms with Crippen LogP contribution in [0.15, 0.2) is 46.2 Å². The van der Waals surface area contributed by atoms with Crippen molar-refractivity contribution in [1.29, 1.82) is 0 Å². The van der Waals surface area contributed by atoms with E-state index < -0.39 is 15.7 Å². The number of carbonyl (C=O) groups is 2. The van der Waals surface area contributed by atoms with E-state index in [9.17, 15) is 18.0 Å². The number of benzene rings is 2. The fraction of sp³-hybridized carbons (Fsp3) is 0.333. The highest BCUT2D eigenvalue weighted by Gasteiger charge is 2.23. The fourth-order valence-electron chi connectivity index (χ4n) is 2.95. The highest BCUT2D eigenvalue weighted by molar-refractivity contribution is 7.99. The van der Waals surface area contributed by atoms with Crippen LogP contribution in [0, 0.1) is 5.92 Å². The zero-order valence-corrected chi connectivity index (χ0v) is 19.1. The van der Waals surface area contributed by atoms with Gasteiger partial charge >= 0.3 is 0 Å². The minimum Gasteiger partial charge on any atom is -0.493 e. The third-order valence-electron chi connectivity index (χ3n) is 4.77. The van der Waals surface area contributed by atoms with Crippen LogP contribution in [0.2, 0.25) is 0 Å². The lowest BCUT2D eigenvalue weighted by molar-refractivity contribution is -0.118. The van der Waals surface area contributed by atoms with Gasteiger partial charge in [-0.25, -0.2) is 8.42 Å². The van der Waals surface area contributed by atoms with Crippen LogP contribution in [-0.2, 0) is 19.4 Å². The average Bonchev–Trinajstić information content (AvgIpc) is 2.90. The highest BCUT2D eigenvalue weighted by Crippen LogP contribution is 2.34. The molecule has 2 N–H and O–H groups in total. The van der Waals surface area contributed by atoms with Gasteiger partial charge in [0.2, 0.25) is 11.8 Å². The van der Waals surface area contributed by atoms with Crippen LogP contribution in [0.5, 0.6) is 11.5 Å². The van der Waals surface area contributed by atoms with Crippen LogP contribution in [0.3, 0.4) is 0 Å². The van der Waals surface area contributed by atoms with Crippen LogP contribution in [0.4, 0.5) is 11.4 Å². The summed E-state index contributed by atoms with van der Waals surface area (Å²) in [6.07, 6.45) is -0.216. The van der Waals surface area contributed by atoms with E-state index in [1.807, 2.05) is 6.92 Å². The Morgan fingerprint density at radius 1 is 1.16 bits per heavy atom. The molecule has 0 radical (unpaired) electrons. The largest absolute Gasteiger partial charge is 0.493 e. The first-order chi connectivity index (χ1) is 14.7. The smallest absolute Gasteiger partial charge is 0.228 e. The Balaban J connectivity index is 1.67. The second kappa shape index (κ2) is 9.61. The predicted octanol–water partition coefficient (Wildman–Crippen LogP) is 3.19. The van der Waals surface area contributed by atoms with E-state index >= 15 is 0 Å². The van der Waals surface area contributed by atoms with Crippen LogP contribution in [-0.4, -0.2) is 46.0 Å². The number of amides is 2. The van der Waals surface area contributed by atoms with Crippen molar-refractivity contribution in [1.82, 2.24) is 0 Å².